The van der Waals surface area contributed by atoms with Crippen LogP contribution in [0.3, 0.4) is 0 Å². The van der Waals surface area contributed by atoms with E-state index in [9.17, 15) is 9.00 Å². The number of amides is 1. The molecule has 5 heteroatoms. The SMILES string of the molecule is CSc1ccc(NC(=O)c2cccc(CS(C)=O)c2)cc1. The average molecular weight is 319 g/mol. The second-order valence-electron chi connectivity index (χ2n) is 4.60. The van der Waals surface area contributed by atoms with Gasteiger partial charge in [-0.25, -0.2) is 0 Å². The van der Waals surface area contributed by atoms with Gasteiger partial charge >= 0.3 is 0 Å². The molecule has 1 atom stereocenters. The number of carbonyl (C=O) groups is 1. The van der Waals surface area contributed by atoms with E-state index in [1.54, 1.807) is 30.2 Å². The van der Waals surface area contributed by atoms with Crippen molar-refractivity contribution in [3.05, 3.63) is 59.7 Å². The van der Waals surface area contributed by atoms with Gasteiger partial charge in [-0.3, -0.25) is 9.00 Å². The lowest BCUT2D eigenvalue weighted by molar-refractivity contribution is 0.102. The van der Waals surface area contributed by atoms with Crippen LogP contribution in [0, 0.1) is 0 Å². The molecule has 0 fully saturated rings. The van der Waals surface area contributed by atoms with Crippen LogP contribution in [0.4, 0.5) is 5.69 Å². The highest BCUT2D eigenvalue weighted by Crippen LogP contribution is 2.18. The number of carbonyl (C=O) groups excluding carboxylic acids is 1. The maximum Gasteiger partial charge on any atom is 0.255 e. The van der Waals surface area contributed by atoms with E-state index in [1.165, 1.54) is 0 Å². The van der Waals surface area contributed by atoms with Gasteiger partial charge in [-0.2, -0.15) is 0 Å². The molecule has 0 bridgehead atoms. The Morgan fingerprint density at radius 3 is 2.52 bits per heavy atom. The fraction of sp³-hybridized carbons (Fsp3) is 0.188. The van der Waals surface area contributed by atoms with Crippen molar-refractivity contribution in [2.75, 3.05) is 17.8 Å². The number of anilines is 1. The summed E-state index contributed by atoms with van der Waals surface area (Å²) in [7, 11) is -0.914. The van der Waals surface area contributed by atoms with Crippen LogP contribution in [0.15, 0.2) is 53.4 Å². The molecule has 2 rings (SSSR count). The molecule has 110 valence electrons. The Hall–Kier alpha value is -1.59. The first kappa shape index (κ1) is 15.8. The maximum absolute atomic E-state index is 12.2. The number of hydrogen-bond donors (Lipinski definition) is 1. The number of nitrogens with one attached hydrogen (secondary N) is 1. The van der Waals surface area contributed by atoms with Crippen molar-refractivity contribution in [3.8, 4) is 0 Å². The third-order valence-electron chi connectivity index (χ3n) is 2.91. The van der Waals surface area contributed by atoms with Gasteiger partial charge in [0, 0.05) is 39.0 Å². The summed E-state index contributed by atoms with van der Waals surface area (Å²) in [6.45, 7) is 0. The highest BCUT2D eigenvalue weighted by molar-refractivity contribution is 7.98. The molecule has 2 aromatic rings. The molecule has 21 heavy (non-hydrogen) atoms. The van der Waals surface area contributed by atoms with Crippen LogP contribution in [0.1, 0.15) is 15.9 Å². The van der Waals surface area contributed by atoms with Crippen LogP contribution < -0.4 is 5.32 Å². The van der Waals surface area contributed by atoms with Gasteiger partial charge in [0.05, 0.1) is 0 Å². The standard InChI is InChI=1S/C16H17NO2S2/c1-20-15-8-6-14(7-9-15)17-16(18)13-5-3-4-12(10-13)11-21(2)19/h3-10H,11H2,1-2H3,(H,17,18). The molecule has 0 saturated heterocycles. The fourth-order valence-electron chi connectivity index (χ4n) is 1.91. The molecule has 0 aromatic heterocycles. The highest BCUT2D eigenvalue weighted by atomic mass is 32.2. The van der Waals surface area contributed by atoms with E-state index in [1.807, 2.05) is 42.7 Å². The normalized spacial score (nSPS) is 11.9. The lowest BCUT2D eigenvalue weighted by Gasteiger charge is -2.07. The third kappa shape index (κ3) is 4.72. The molecule has 3 nitrogen and oxygen atoms in total. The van der Waals surface area contributed by atoms with Crippen LogP contribution in [0.5, 0.6) is 0 Å². The molecule has 1 unspecified atom stereocenters. The monoisotopic (exact) mass is 319 g/mol. The van der Waals surface area contributed by atoms with Gasteiger partial charge in [0.15, 0.2) is 0 Å². The summed E-state index contributed by atoms with van der Waals surface area (Å²) in [5.74, 6) is 0.305. The van der Waals surface area contributed by atoms with Crippen molar-refractivity contribution >= 4 is 34.2 Å². The quantitative estimate of drug-likeness (QED) is 0.858. The Kier molecular flexibility index (Phi) is 5.59. The smallest absolute Gasteiger partial charge is 0.255 e. The number of thioether (sulfide) groups is 1. The van der Waals surface area contributed by atoms with Gasteiger partial charge in [0.25, 0.3) is 5.91 Å². The topological polar surface area (TPSA) is 46.2 Å². The van der Waals surface area contributed by atoms with Crippen molar-refractivity contribution in [1.82, 2.24) is 0 Å². The average Bonchev–Trinajstić information content (AvgIpc) is 2.47. The Morgan fingerprint density at radius 2 is 1.90 bits per heavy atom. The van der Waals surface area contributed by atoms with Crippen LogP contribution in [-0.2, 0) is 16.6 Å². The molecular weight excluding hydrogens is 302 g/mol. The largest absolute Gasteiger partial charge is 0.322 e. The summed E-state index contributed by atoms with van der Waals surface area (Å²) in [4.78, 5) is 13.4. The third-order valence-corrected chi connectivity index (χ3v) is 4.39. The zero-order valence-corrected chi connectivity index (χ0v) is 13.6. The highest BCUT2D eigenvalue weighted by Gasteiger charge is 2.07. The van der Waals surface area contributed by atoms with Crippen LogP contribution in [0.2, 0.25) is 0 Å². The first-order valence-electron chi connectivity index (χ1n) is 6.43. The molecular formula is C16H17NO2S2. The van der Waals surface area contributed by atoms with Crippen molar-refractivity contribution in [3.63, 3.8) is 0 Å². The molecule has 1 amide bonds. The molecule has 0 heterocycles. The molecule has 1 N–H and O–H groups in total. The fourth-order valence-corrected chi connectivity index (χ4v) is 2.97. The van der Waals surface area contributed by atoms with E-state index >= 15 is 0 Å². The summed E-state index contributed by atoms with van der Waals surface area (Å²) in [6, 6.07) is 14.9. The molecule has 0 aliphatic rings. The van der Waals surface area contributed by atoms with Crippen LogP contribution >= 0.6 is 11.8 Å². The Balaban J connectivity index is 2.10. The van der Waals surface area contributed by atoms with Crippen LogP contribution in [0.25, 0.3) is 0 Å². The van der Waals surface area contributed by atoms with Crippen molar-refractivity contribution in [2.24, 2.45) is 0 Å². The lowest BCUT2D eigenvalue weighted by atomic mass is 10.1. The zero-order chi connectivity index (χ0) is 15.2. The number of hydrogen-bond acceptors (Lipinski definition) is 3. The second kappa shape index (κ2) is 7.43. The number of rotatable bonds is 5. The lowest BCUT2D eigenvalue weighted by Crippen LogP contribution is -2.12. The van der Waals surface area contributed by atoms with Gasteiger partial charge in [-0.05, 0) is 48.2 Å². The van der Waals surface area contributed by atoms with Gasteiger partial charge in [0.2, 0.25) is 0 Å². The summed E-state index contributed by atoms with van der Waals surface area (Å²) in [5.41, 5.74) is 2.25. The first-order valence-corrected chi connectivity index (χ1v) is 9.38. The minimum Gasteiger partial charge on any atom is -0.322 e. The van der Waals surface area contributed by atoms with Crippen molar-refractivity contribution < 1.29 is 9.00 Å². The van der Waals surface area contributed by atoms with Gasteiger partial charge < -0.3 is 5.32 Å². The van der Waals surface area contributed by atoms with E-state index in [4.69, 9.17) is 0 Å². The van der Waals surface area contributed by atoms with Gasteiger partial charge in [0.1, 0.15) is 0 Å². The molecule has 2 aromatic carbocycles. The summed E-state index contributed by atoms with van der Waals surface area (Å²) >= 11 is 1.66. The maximum atomic E-state index is 12.2. The van der Waals surface area contributed by atoms with E-state index in [0.717, 1.165) is 16.1 Å². The Morgan fingerprint density at radius 1 is 1.19 bits per heavy atom. The Labute approximate surface area is 131 Å². The molecule has 0 spiro atoms. The van der Waals surface area contributed by atoms with Crippen LogP contribution in [-0.4, -0.2) is 22.6 Å². The molecule has 0 aliphatic heterocycles. The van der Waals surface area contributed by atoms with Crippen molar-refractivity contribution in [2.45, 2.75) is 10.6 Å². The van der Waals surface area contributed by atoms with Gasteiger partial charge in [-0.15, -0.1) is 11.8 Å². The minimum atomic E-state index is -0.914. The second-order valence-corrected chi connectivity index (χ2v) is 6.92. The number of benzene rings is 2. The van der Waals surface area contributed by atoms with E-state index in [2.05, 4.69) is 5.32 Å². The predicted molar refractivity (Wildman–Crippen MR) is 90.4 cm³/mol. The van der Waals surface area contributed by atoms with E-state index in [-0.39, 0.29) is 5.91 Å². The molecule has 0 radical (unpaired) electrons. The molecule has 0 saturated carbocycles. The van der Waals surface area contributed by atoms with E-state index < -0.39 is 10.8 Å². The summed E-state index contributed by atoms with van der Waals surface area (Å²) in [6.07, 6.45) is 3.66. The summed E-state index contributed by atoms with van der Waals surface area (Å²) in [5, 5.41) is 2.87. The zero-order valence-electron chi connectivity index (χ0n) is 12.0. The first-order chi connectivity index (χ1) is 10.1. The minimum absolute atomic E-state index is 0.157. The molecule has 0 aliphatic carbocycles. The van der Waals surface area contributed by atoms with E-state index in [0.29, 0.717) is 11.3 Å². The predicted octanol–water partition coefficient (Wildman–Crippen LogP) is 3.54. The Bertz CT molecular complexity index is 654. The summed E-state index contributed by atoms with van der Waals surface area (Å²) < 4.78 is 11.3. The van der Waals surface area contributed by atoms with Crippen molar-refractivity contribution in [1.29, 1.82) is 0 Å². The van der Waals surface area contributed by atoms with Gasteiger partial charge in [-0.1, -0.05) is 12.1 Å².